The predicted octanol–water partition coefficient (Wildman–Crippen LogP) is 3.54. The molecule has 0 saturated carbocycles. The van der Waals surface area contributed by atoms with Crippen molar-refractivity contribution in [1.82, 2.24) is 10.4 Å². The van der Waals surface area contributed by atoms with Crippen LogP contribution >= 0.6 is 11.3 Å². The molecule has 0 atom stereocenters. The molecule has 0 radical (unpaired) electrons. The number of furan rings is 1. The van der Waals surface area contributed by atoms with Gasteiger partial charge in [-0.05, 0) is 43.3 Å². The van der Waals surface area contributed by atoms with E-state index >= 15 is 0 Å². The smallest absolute Gasteiger partial charge is 0.246 e. The second-order valence-corrected chi connectivity index (χ2v) is 5.93. The molecule has 3 aromatic rings. The number of benzene rings is 1. The molecular weight excluding hydrogens is 329 g/mol. The summed E-state index contributed by atoms with van der Waals surface area (Å²) in [5.41, 5.74) is 3.89. The third-order valence-electron chi connectivity index (χ3n) is 3.13. The maximum Gasteiger partial charge on any atom is 0.246 e. The van der Waals surface area contributed by atoms with Crippen molar-refractivity contribution < 1.29 is 13.6 Å². The van der Waals surface area contributed by atoms with Gasteiger partial charge in [-0.15, -0.1) is 11.3 Å². The second-order valence-electron chi connectivity index (χ2n) is 5.07. The van der Waals surface area contributed by atoms with Crippen LogP contribution in [0.25, 0.3) is 10.6 Å². The van der Waals surface area contributed by atoms with Gasteiger partial charge in [0.25, 0.3) is 0 Å². The van der Waals surface area contributed by atoms with E-state index in [4.69, 9.17) is 4.42 Å². The summed E-state index contributed by atoms with van der Waals surface area (Å²) >= 11 is 1.41. The first kappa shape index (κ1) is 16.1. The summed E-state index contributed by atoms with van der Waals surface area (Å²) < 4.78 is 18.2. The number of nitrogens with zero attached hydrogens (tertiary/aromatic N) is 2. The Bertz CT molecular complexity index is 868. The number of hydrazone groups is 1. The average molecular weight is 343 g/mol. The molecule has 122 valence electrons. The van der Waals surface area contributed by atoms with Crippen molar-refractivity contribution in [2.45, 2.75) is 13.3 Å². The molecule has 5 nitrogen and oxygen atoms in total. The third kappa shape index (κ3) is 4.14. The molecule has 0 bridgehead atoms. The highest BCUT2D eigenvalue weighted by Crippen LogP contribution is 2.24. The van der Waals surface area contributed by atoms with Crippen molar-refractivity contribution in [2.75, 3.05) is 0 Å². The van der Waals surface area contributed by atoms with Crippen molar-refractivity contribution in [2.24, 2.45) is 5.10 Å². The van der Waals surface area contributed by atoms with Gasteiger partial charge < -0.3 is 4.42 Å². The Kier molecular flexibility index (Phi) is 4.81. The number of aromatic nitrogens is 1. The van der Waals surface area contributed by atoms with E-state index in [1.54, 1.807) is 23.6 Å². The fourth-order valence-corrected chi connectivity index (χ4v) is 2.83. The van der Waals surface area contributed by atoms with Gasteiger partial charge in [0, 0.05) is 10.9 Å². The minimum Gasteiger partial charge on any atom is -0.460 e. The summed E-state index contributed by atoms with van der Waals surface area (Å²) in [5.74, 6) is 0.781. The molecule has 0 fully saturated rings. The molecular formula is C17H14FN3O2S. The average Bonchev–Trinajstić information content (AvgIpc) is 3.17. The van der Waals surface area contributed by atoms with Gasteiger partial charge in [-0.3, -0.25) is 4.79 Å². The van der Waals surface area contributed by atoms with Crippen molar-refractivity contribution >= 4 is 23.5 Å². The van der Waals surface area contributed by atoms with Crippen LogP contribution in [0.15, 0.2) is 51.3 Å². The topological polar surface area (TPSA) is 67.5 Å². The first-order valence-electron chi connectivity index (χ1n) is 7.19. The van der Waals surface area contributed by atoms with Crippen LogP contribution < -0.4 is 5.43 Å². The zero-order valence-electron chi connectivity index (χ0n) is 12.8. The van der Waals surface area contributed by atoms with Crippen molar-refractivity contribution in [1.29, 1.82) is 0 Å². The van der Waals surface area contributed by atoms with Gasteiger partial charge in [0.15, 0.2) is 0 Å². The molecule has 1 N–H and O–H groups in total. The fourth-order valence-electron chi connectivity index (χ4n) is 2.01. The molecule has 1 amide bonds. The number of hydrogen-bond acceptors (Lipinski definition) is 5. The summed E-state index contributed by atoms with van der Waals surface area (Å²) in [5, 5.41) is 6.39. The van der Waals surface area contributed by atoms with E-state index in [1.807, 2.05) is 13.0 Å². The summed E-state index contributed by atoms with van der Waals surface area (Å²) in [6.07, 6.45) is 1.56. The van der Waals surface area contributed by atoms with Gasteiger partial charge in [-0.1, -0.05) is 0 Å². The molecule has 0 spiro atoms. The minimum absolute atomic E-state index is 0.117. The lowest BCUT2D eigenvalue weighted by molar-refractivity contribution is -0.120. The number of halogens is 1. The lowest BCUT2D eigenvalue weighted by Gasteiger charge is -1.97. The van der Waals surface area contributed by atoms with Gasteiger partial charge in [0.2, 0.25) is 5.91 Å². The van der Waals surface area contributed by atoms with Crippen molar-refractivity contribution in [3.8, 4) is 10.6 Å². The third-order valence-corrected chi connectivity index (χ3v) is 4.07. The van der Waals surface area contributed by atoms with E-state index in [0.717, 1.165) is 16.3 Å². The summed E-state index contributed by atoms with van der Waals surface area (Å²) in [4.78, 5) is 16.2. The van der Waals surface area contributed by atoms with Gasteiger partial charge in [-0.2, -0.15) is 5.10 Å². The van der Waals surface area contributed by atoms with E-state index in [0.29, 0.717) is 11.5 Å². The summed E-state index contributed by atoms with van der Waals surface area (Å²) in [6, 6.07) is 9.67. The molecule has 1 aromatic carbocycles. The zero-order valence-corrected chi connectivity index (χ0v) is 13.6. The van der Waals surface area contributed by atoms with Crippen LogP contribution in [-0.4, -0.2) is 17.1 Å². The van der Waals surface area contributed by atoms with Crippen LogP contribution in [0.4, 0.5) is 4.39 Å². The van der Waals surface area contributed by atoms with Crippen LogP contribution in [0.5, 0.6) is 0 Å². The number of rotatable bonds is 5. The molecule has 2 aromatic heterocycles. The van der Waals surface area contributed by atoms with Gasteiger partial charge >= 0.3 is 0 Å². The Labute approximate surface area is 141 Å². The number of hydrogen-bond donors (Lipinski definition) is 1. The number of aryl methyl sites for hydroxylation is 1. The molecule has 24 heavy (non-hydrogen) atoms. The fraction of sp³-hybridized carbons (Fsp3) is 0.118. The van der Waals surface area contributed by atoms with Crippen molar-refractivity contribution in [3.05, 3.63) is 64.8 Å². The number of thiazole rings is 1. The SMILES string of the molecule is Cc1ccc(/C=N\NC(=O)Cc2csc(-c3ccc(F)cc3)n2)o1. The highest BCUT2D eigenvalue weighted by atomic mass is 32.1. The maximum absolute atomic E-state index is 12.9. The first-order valence-corrected chi connectivity index (χ1v) is 8.07. The molecule has 0 aliphatic rings. The first-order chi connectivity index (χ1) is 11.6. The lowest BCUT2D eigenvalue weighted by atomic mass is 10.2. The van der Waals surface area contributed by atoms with Crippen molar-refractivity contribution in [3.63, 3.8) is 0 Å². The van der Waals surface area contributed by atoms with E-state index < -0.39 is 0 Å². The molecule has 7 heteroatoms. The van der Waals surface area contributed by atoms with Crippen LogP contribution in [0, 0.1) is 12.7 Å². The van der Waals surface area contributed by atoms with Crippen LogP contribution in [-0.2, 0) is 11.2 Å². The van der Waals surface area contributed by atoms with Crippen LogP contribution in [0.1, 0.15) is 17.2 Å². The Morgan fingerprint density at radius 1 is 1.33 bits per heavy atom. The van der Waals surface area contributed by atoms with Crippen LogP contribution in [0.3, 0.4) is 0 Å². The van der Waals surface area contributed by atoms with E-state index in [-0.39, 0.29) is 18.1 Å². The van der Waals surface area contributed by atoms with Gasteiger partial charge in [0.05, 0.1) is 18.3 Å². The van der Waals surface area contributed by atoms with E-state index in [1.165, 1.54) is 29.7 Å². The molecule has 0 saturated heterocycles. The minimum atomic E-state index is -0.292. The zero-order chi connectivity index (χ0) is 16.9. The number of nitrogens with one attached hydrogen (secondary N) is 1. The normalized spacial score (nSPS) is 11.1. The highest BCUT2D eigenvalue weighted by Gasteiger charge is 2.09. The molecule has 0 aliphatic carbocycles. The van der Waals surface area contributed by atoms with E-state index in [2.05, 4.69) is 15.5 Å². The maximum atomic E-state index is 12.9. The number of amides is 1. The quantitative estimate of drug-likeness (QED) is 0.569. The number of carbonyl (C=O) groups is 1. The van der Waals surface area contributed by atoms with Crippen LogP contribution in [0.2, 0.25) is 0 Å². The van der Waals surface area contributed by atoms with E-state index in [9.17, 15) is 9.18 Å². The standard InChI is InChI=1S/C17H14FN3O2S/c1-11-2-7-15(23-11)9-19-21-16(22)8-14-10-24-17(20-14)12-3-5-13(18)6-4-12/h2-7,9-10H,8H2,1H3,(H,21,22)/b19-9-. The summed E-state index contributed by atoms with van der Waals surface area (Å²) in [6.45, 7) is 1.83. The molecule has 0 aliphatic heterocycles. The number of carbonyl (C=O) groups excluding carboxylic acids is 1. The lowest BCUT2D eigenvalue weighted by Crippen LogP contribution is -2.19. The highest BCUT2D eigenvalue weighted by molar-refractivity contribution is 7.13. The predicted molar refractivity (Wildman–Crippen MR) is 90.4 cm³/mol. The largest absolute Gasteiger partial charge is 0.460 e. The molecule has 0 unspecified atom stereocenters. The van der Waals surface area contributed by atoms with Gasteiger partial charge in [-0.25, -0.2) is 14.8 Å². The Balaban J connectivity index is 1.57. The Hall–Kier alpha value is -2.80. The molecule has 3 rings (SSSR count). The monoisotopic (exact) mass is 343 g/mol. The Morgan fingerprint density at radius 2 is 2.12 bits per heavy atom. The summed E-state index contributed by atoms with van der Waals surface area (Å²) in [7, 11) is 0. The molecule has 2 heterocycles. The Morgan fingerprint density at radius 3 is 2.83 bits per heavy atom. The second kappa shape index (κ2) is 7.18. The van der Waals surface area contributed by atoms with Gasteiger partial charge in [0.1, 0.15) is 22.3 Å².